The first-order chi connectivity index (χ1) is 10.1. The lowest BCUT2D eigenvalue weighted by molar-refractivity contribution is -0.136. The molecule has 1 rings (SSSR count). The van der Waals surface area contributed by atoms with Crippen molar-refractivity contribution in [3.05, 3.63) is 11.6 Å². The highest BCUT2D eigenvalue weighted by molar-refractivity contribution is 5.88. The second-order valence-corrected chi connectivity index (χ2v) is 4.95. The number of nitrogens with one attached hydrogen (secondary N) is 1. The van der Waals surface area contributed by atoms with Gasteiger partial charge in [-0.15, -0.1) is 0 Å². The molecule has 1 N–H and O–H groups in total. The molecule has 120 valence electrons. The van der Waals surface area contributed by atoms with E-state index in [1.165, 1.54) is 7.11 Å². The number of nitrogens with zero attached hydrogens (tertiary/aromatic N) is 1. The molecule has 0 aromatic carbocycles. The number of rotatable bonds is 7. The van der Waals surface area contributed by atoms with E-state index in [2.05, 4.69) is 5.32 Å². The highest BCUT2D eigenvalue weighted by Crippen LogP contribution is 2.10. The number of hydrogen-bond acceptors (Lipinski definition) is 5. The molecule has 1 aliphatic heterocycles. The number of ether oxygens (including phenoxy) is 2. The van der Waals surface area contributed by atoms with Crippen molar-refractivity contribution >= 4 is 11.9 Å². The zero-order valence-electron chi connectivity index (χ0n) is 13.2. The summed E-state index contributed by atoms with van der Waals surface area (Å²) >= 11 is 0. The van der Waals surface area contributed by atoms with Crippen molar-refractivity contribution in [3.8, 4) is 0 Å². The van der Waals surface area contributed by atoms with Crippen molar-refractivity contribution in [1.82, 2.24) is 10.2 Å². The number of methoxy groups -OCH3 is 1. The Bertz CT molecular complexity index is 382. The predicted molar refractivity (Wildman–Crippen MR) is 79.9 cm³/mol. The van der Waals surface area contributed by atoms with Crippen molar-refractivity contribution < 1.29 is 19.1 Å². The molecule has 0 spiro atoms. The van der Waals surface area contributed by atoms with Crippen LogP contribution in [0.5, 0.6) is 0 Å². The minimum atomic E-state index is -0.308. The average molecular weight is 298 g/mol. The van der Waals surface area contributed by atoms with Gasteiger partial charge in [0.25, 0.3) is 0 Å². The number of carbonyl (C=O) groups excluding carboxylic acids is 2. The van der Waals surface area contributed by atoms with Crippen molar-refractivity contribution in [2.75, 3.05) is 40.0 Å². The standard InChI is InChI=1S/C15H26N2O4/c1-4-7-16-14(18)13-11-21-10-9-17(13)8-6-12(5-2)15(19)20-3/h6,13H,4-5,7-11H2,1-3H3,(H,16,18)/b12-6-. The van der Waals surface area contributed by atoms with Crippen LogP contribution in [0.1, 0.15) is 26.7 Å². The van der Waals surface area contributed by atoms with E-state index in [1.807, 2.05) is 24.8 Å². The minimum absolute atomic E-state index is 0.0129. The lowest BCUT2D eigenvalue weighted by Gasteiger charge is -2.33. The van der Waals surface area contributed by atoms with Crippen molar-refractivity contribution in [1.29, 1.82) is 0 Å². The van der Waals surface area contributed by atoms with Crippen LogP contribution in [0.2, 0.25) is 0 Å². The van der Waals surface area contributed by atoms with Gasteiger partial charge in [-0.2, -0.15) is 0 Å². The summed E-state index contributed by atoms with van der Waals surface area (Å²) in [5.74, 6) is -0.321. The molecule has 0 aromatic heterocycles. The van der Waals surface area contributed by atoms with Crippen LogP contribution in [0.3, 0.4) is 0 Å². The van der Waals surface area contributed by atoms with Gasteiger partial charge in [0, 0.05) is 25.2 Å². The van der Waals surface area contributed by atoms with Gasteiger partial charge in [-0.05, 0) is 12.8 Å². The first-order valence-electron chi connectivity index (χ1n) is 7.50. The molecule has 1 amide bonds. The van der Waals surface area contributed by atoms with Gasteiger partial charge in [0.2, 0.25) is 5.91 Å². The molecule has 1 atom stereocenters. The molecule has 21 heavy (non-hydrogen) atoms. The van der Waals surface area contributed by atoms with E-state index in [1.54, 1.807) is 0 Å². The molecule has 6 nitrogen and oxygen atoms in total. The van der Waals surface area contributed by atoms with Gasteiger partial charge in [-0.1, -0.05) is 19.9 Å². The summed E-state index contributed by atoms with van der Waals surface area (Å²) in [6.07, 6.45) is 3.36. The Morgan fingerprint density at radius 2 is 2.19 bits per heavy atom. The molecule has 0 saturated carbocycles. The van der Waals surface area contributed by atoms with E-state index in [0.29, 0.717) is 44.8 Å². The number of carbonyl (C=O) groups is 2. The normalized spacial score (nSPS) is 20.1. The van der Waals surface area contributed by atoms with Crippen LogP contribution < -0.4 is 5.32 Å². The fourth-order valence-electron chi connectivity index (χ4n) is 2.19. The van der Waals surface area contributed by atoms with E-state index >= 15 is 0 Å². The van der Waals surface area contributed by atoms with Gasteiger partial charge in [-0.25, -0.2) is 4.79 Å². The third-order valence-corrected chi connectivity index (χ3v) is 3.49. The molecule has 0 radical (unpaired) electrons. The summed E-state index contributed by atoms with van der Waals surface area (Å²) < 4.78 is 10.1. The smallest absolute Gasteiger partial charge is 0.333 e. The Morgan fingerprint density at radius 1 is 1.43 bits per heavy atom. The molecular formula is C15H26N2O4. The summed E-state index contributed by atoms with van der Waals surface area (Å²) in [6.45, 7) is 6.82. The maximum Gasteiger partial charge on any atom is 0.333 e. The number of hydrogen-bond donors (Lipinski definition) is 1. The fraction of sp³-hybridized carbons (Fsp3) is 0.733. The van der Waals surface area contributed by atoms with Crippen LogP contribution in [-0.4, -0.2) is 62.8 Å². The zero-order chi connectivity index (χ0) is 15.7. The highest BCUT2D eigenvalue weighted by atomic mass is 16.5. The molecular weight excluding hydrogens is 272 g/mol. The molecule has 1 saturated heterocycles. The predicted octanol–water partition coefficient (Wildman–Crippen LogP) is 0.723. The molecule has 1 unspecified atom stereocenters. The number of amides is 1. The van der Waals surface area contributed by atoms with E-state index in [4.69, 9.17) is 9.47 Å². The topological polar surface area (TPSA) is 67.9 Å². The highest BCUT2D eigenvalue weighted by Gasteiger charge is 2.28. The number of morpholine rings is 1. The minimum Gasteiger partial charge on any atom is -0.466 e. The van der Waals surface area contributed by atoms with E-state index in [9.17, 15) is 9.59 Å². The summed E-state index contributed by atoms with van der Waals surface area (Å²) in [5, 5.41) is 2.89. The molecule has 1 fully saturated rings. The Labute approximate surface area is 126 Å². The van der Waals surface area contributed by atoms with Crippen molar-refractivity contribution in [3.63, 3.8) is 0 Å². The summed E-state index contributed by atoms with van der Waals surface area (Å²) in [5.41, 5.74) is 0.636. The Morgan fingerprint density at radius 3 is 2.81 bits per heavy atom. The fourth-order valence-corrected chi connectivity index (χ4v) is 2.19. The molecule has 6 heteroatoms. The summed E-state index contributed by atoms with van der Waals surface area (Å²) in [6, 6.07) is -0.294. The summed E-state index contributed by atoms with van der Waals surface area (Å²) in [4.78, 5) is 25.7. The third kappa shape index (κ3) is 5.47. The maximum absolute atomic E-state index is 12.1. The first kappa shape index (κ1) is 17.7. The van der Waals surface area contributed by atoms with Crippen LogP contribution in [0, 0.1) is 0 Å². The second-order valence-electron chi connectivity index (χ2n) is 4.95. The molecule has 0 aliphatic carbocycles. The van der Waals surface area contributed by atoms with Crippen LogP contribution >= 0.6 is 0 Å². The Hall–Kier alpha value is -1.40. The quantitative estimate of drug-likeness (QED) is 0.554. The lowest BCUT2D eigenvalue weighted by atomic mass is 10.1. The largest absolute Gasteiger partial charge is 0.466 e. The van der Waals surface area contributed by atoms with Crippen molar-refractivity contribution in [2.45, 2.75) is 32.7 Å². The Balaban J connectivity index is 2.66. The maximum atomic E-state index is 12.1. The average Bonchev–Trinajstić information content (AvgIpc) is 2.53. The van der Waals surface area contributed by atoms with Gasteiger partial charge in [0.05, 0.1) is 20.3 Å². The summed E-state index contributed by atoms with van der Waals surface area (Å²) in [7, 11) is 1.38. The van der Waals surface area contributed by atoms with Crippen molar-refractivity contribution in [2.24, 2.45) is 0 Å². The van der Waals surface area contributed by atoms with E-state index in [-0.39, 0.29) is 17.9 Å². The zero-order valence-corrected chi connectivity index (χ0v) is 13.2. The number of esters is 1. The van der Waals surface area contributed by atoms with Crippen LogP contribution in [0.15, 0.2) is 11.6 Å². The molecule has 1 heterocycles. The lowest BCUT2D eigenvalue weighted by Crippen LogP contribution is -2.53. The molecule has 1 aliphatic rings. The third-order valence-electron chi connectivity index (χ3n) is 3.49. The first-order valence-corrected chi connectivity index (χ1v) is 7.50. The van der Waals surface area contributed by atoms with Gasteiger partial charge in [0.15, 0.2) is 0 Å². The monoisotopic (exact) mass is 298 g/mol. The Kier molecular flexibility index (Phi) is 8.00. The van der Waals surface area contributed by atoms with Crippen LogP contribution in [0.4, 0.5) is 0 Å². The van der Waals surface area contributed by atoms with Gasteiger partial charge in [0.1, 0.15) is 6.04 Å². The van der Waals surface area contributed by atoms with Crippen LogP contribution in [-0.2, 0) is 19.1 Å². The second kappa shape index (κ2) is 9.52. The van der Waals surface area contributed by atoms with Gasteiger partial charge < -0.3 is 14.8 Å². The van der Waals surface area contributed by atoms with E-state index in [0.717, 1.165) is 6.42 Å². The SMILES string of the molecule is CCCNC(=O)C1COCCN1C/C=C(/CC)C(=O)OC. The molecule has 0 aromatic rings. The van der Waals surface area contributed by atoms with Gasteiger partial charge >= 0.3 is 5.97 Å². The van der Waals surface area contributed by atoms with Gasteiger partial charge in [-0.3, -0.25) is 9.69 Å². The van der Waals surface area contributed by atoms with E-state index < -0.39 is 0 Å². The molecule has 0 bridgehead atoms. The van der Waals surface area contributed by atoms with Crippen LogP contribution in [0.25, 0.3) is 0 Å².